The van der Waals surface area contributed by atoms with Crippen molar-refractivity contribution in [3.05, 3.63) is 132 Å². The molecule has 13 rings (SSSR count). The number of amides is 2. The number of benzene rings is 3. The topological polar surface area (TPSA) is 321 Å². The molecule has 2 amide bonds. The van der Waals surface area contributed by atoms with Gasteiger partial charge in [0.25, 0.3) is 0 Å². The van der Waals surface area contributed by atoms with Crippen LogP contribution in [-0.4, -0.2) is 299 Å². The first-order valence-corrected chi connectivity index (χ1v) is 47.9. The lowest BCUT2D eigenvalue weighted by Gasteiger charge is -2.48. The minimum absolute atomic E-state index is 0.0266. The number of carbonyl (C=O) groups is 9. The summed E-state index contributed by atoms with van der Waals surface area (Å²) in [5, 5.41) is 13.7. The highest BCUT2D eigenvalue weighted by Crippen LogP contribution is 2.47. The van der Waals surface area contributed by atoms with Gasteiger partial charge in [-0.25, -0.2) is 14.4 Å². The maximum atomic E-state index is 15.2. The van der Waals surface area contributed by atoms with Crippen LogP contribution in [0.15, 0.2) is 116 Å². The smallest absolute Gasteiger partial charge is 0.410 e. The Kier molecular flexibility index (Phi) is 34.3. The number of ketones is 4. The van der Waals surface area contributed by atoms with E-state index in [1.807, 2.05) is 198 Å². The van der Waals surface area contributed by atoms with E-state index in [9.17, 15) is 33.9 Å². The van der Waals surface area contributed by atoms with Crippen LogP contribution >= 0.6 is 0 Å². The molecule has 8 saturated heterocycles. The van der Waals surface area contributed by atoms with Gasteiger partial charge in [0.05, 0.1) is 83.6 Å². The second-order valence-electron chi connectivity index (χ2n) is 39.5. The van der Waals surface area contributed by atoms with E-state index in [-0.39, 0.29) is 74.8 Å². The Morgan fingerprint density at radius 2 is 0.917 bits per heavy atom. The molecule has 29 nitrogen and oxygen atoms in total. The molecule has 5 aromatic rings. The second-order valence-corrected chi connectivity index (χ2v) is 39.5. The number of nitrogens with zero attached hydrogens (tertiary/aromatic N) is 8. The minimum atomic E-state index is -1.44. The van der Waals surface area contributed by atoms with Crippen LogP contribution in [0.1, 0.15) is 196 Å². The highest BCUT2D eigenvalue weighted by Gasteiger charge is 2.63. The lowest BCUT2D eigenvalue weighted by molar-refractivity contribution is -0.296. The molecule has 0 radical (unpaired) electrons. The van der Waals surface area contributed by atoms with Crippen LogP contribution in [0.5, 0.6) is 0 Å². The summed E-state index contributed by atoms with van der Waals surface area (Å²) in [6, 6.07) is 26.2. The maximum absolute atomic E-state index is 15.2. The molecule has 0 unspecified atom stereocenters. The summed E-state index contributed by atoms with van der Waals surface area (Å²) >= 11 is 0. The largest absolute Gasteiger partial charge is 0.458 e. The van der Waals surface area contributed by atoms with Crippen LogP contribution in [0.3, 0.4) is 0 Å². The minimum Gasteiger partial charge on any atom is -0.458 e. The van der Waals surface area contributed by atoms with Crippen LogP contribution in [0.4, 0.5) is 9.59 Å². The molecule has 10 heterocycles. The molecular formula is C103H144N8O21. The summed E-state index contributed by atoms with van der Waals surface area (Å²) in [5.74, 6) is -10.9. The number of rotatable bonds is 26. The number of aromatic nitrogens is 2. The van der Waals surface area contributed by atoms with Gasteiger partial charge >= 0.3 is 30.1 Å². The Bertz CT molecular complexity index is 4890. The van der Waals surface area contributed by atoms with E-state index in [2.05, 4.69) is 19.8 Å². The Balaban J connectivity index is 0.000000240. The standard InChI is InChI=1S/C55H74N4O11.C48H70N4O10/c1-11-44-55(8)48(59(53(64)70-55)28-19-27-58-25-18-26-58)36(4)45(60)34(2)32-54(7,65-29-17-20-39-31-41-23-15-16-24-42(41)56-33-39)49(37(5)46(61)38(6)50(62)67-44)69-52-47(43(57(9)10)30-35(3)66-52)68-51(63)40-21-13-12-14-22-40;1-11-38-48(8)42(52(46(57)62-48)23-16-22-51-20-15-21-51)31(4)39(53)29(2)27-47(7,58-24-14-17-34-26-35-18-12-13-19-36(35)49-28-34)43(32(5)40(54)33(6)44(56)60-38)61-45-41(55)37(50(9)10)25-30(3)59-45/h12-17,20-24,31,33-38,43-44,47-49,52H,11,18-19,25-30,32H2,1-10H3;12-14,17-19,26,28-33,37-38,41-43,45,55H,11,15-16,20-25,27H2,1-10H3/b20-17+;17-14+/t34-,35-,36+,37+,38-,43+,44-,47-,48-,49-,52+,54-,55-;29-,30-,31+,32+,33-,37+,38-,41-,42-,43-,45+,47-,48-/m11/s1. The molecule has 29 heteroatoms. The highest BCUT2D eigenvalue weighted by atomic mass is 16.7. The number of aliphatic hydroxyl groups excluding tert-OH is 1. The summed E-state index contributed by atoms with van der Waals surface area (Å²) in [7, 11) is 7.56. The first-order chi connectivity index (χ1) is 62.7. The fourth-order valence-corrected chi connectivity index (χ4v) is 21.5. The number of likely N-dealkylation sites (N-methyl/N-ethyl adjacent to an activating group) is 2. The molecule has 8 aliphatic rings. The zero-order chi connectivity index (χ0) is 95.6. The fourth-order valence-electron chi connectivity index (χ4n) is 21.5. The molecule has 0 bridgehead atoms. The van der Waals surface area contributed by atoms with Crippen LogP contribution < -0.4 is 0 Å². The van der Waals surface area contributed by atoms with Gasteiger partial charge < -0.3 is 86.6 Å². The van der Waals surface area contributed by atoms with Crippen molar-refractivity contribution in [2.75, 3.05) is 93.8 Å². The summed E-state index contributed by atoms with van der Waals surface area (Å²) in [6.07, 6.45) is 6.05. The van der Waals surface area contributed by atoms with Crippen molar-refractivity contribution >= 4 is 87.2 Å². The number of esters is 3. The van der Waals surface area contributed by atoms with Crippen LogP contribution in [0.25, 0.3) is 34.0 Å². The number of fused-ring (bicyclic) bond motifs is 4. The summed E-state index contributed by atoms with van der Waals surface area (Å²) in [4.78, 5) is 151. The predicted molar refractivity (Wildman–Crippen MR) is 500 cm³/mol. The first-order valence-electron chi connectivity index (χ1n) is 47.9. The molecule has 1 N–H and O–H groups in total. The number of ether oxygens (including phenoxy) is 11. The van der Waals surface area contributed by atoms with Gasteiger partial charge in [-0.2, -0.15) is 0 Å². The van der Waals surface area contributed by atoms with E-state index in [1.54, 1.807) is 74.2 Å². The van der Waals surface area contributed by atoms with Gasteiger partial charge in [-0.15, -0.1) is 0 Å². The zero-order valence-corrected chi connectivity index (χ0v) is 81.2. The normalized spacial score (nSPS) is 35.1. The Morgan fingerprint density at radius 1 is 0.515 bits per heavy atom. The van der Waals surface area contributed by atoms with Crippen LogP contribution in [-0.2, 0) is 80.9 Å². The van der Waals surface area contributed by atoms with E-state index >= 15 is 14.4 Å². The van der Waals surface area contributed by atoms with Gasteiger partial charge in [0, 0.05) is 77.8 Å². The number of hydrogen-bond donors (Lipinski definition) is 1. The summed E-state index contributed by atoms with van der Waals surface area (Å²) in [5.41, 5.74) is -1.80. The molecule has 3 aromatic carbocycles. The van der Waals surface area contributed by atoms with Gasteiger partial charge in [-0.1, -0.05) is 134 Å². The van der Waals surface area contributed by atoms with Gasteiger partial charge in [0.2, 0.25) is 0 Å². The Labute approximate surface area is 779 Å². The van der Waals surface area contributed by atoms with E-state index < -0.39 is 173 Å². The summed E-state index contributed by atoms with van der Waals surface area (Å²) in [6.45, 7) is 34.8. The number of likely N-dealkylation sites (tertiary alicyclic amines) is 2. The molecule has 0 spiro atoms. The zero-order valence-electron chi connectivity index (χ0n) is 81.2. The van der Waals surface area contributed by atoms with Crippen LogP contribution in [0, 0.1) is 47.3 Å². The monoisotopic (exact) mass is 1830 g/mol. The van der Waals surface area contributed by atoms with Crippen LogP contribution in [0.2, 0.25) is 0 Å². The van der Waals surface area contributed by atoms with Crippen molar-refractivity contribution in [1.29, 1.82) is 0 Å². The third kappa shape index (κ3) is 23.1. The van der Waals surface area contributed by atoms with E-state index in [0.29, 0.717) is 44.3 Å². The lowest BCUT2D eigenvalue weighted by Crippen LogP contribution is -2.61. The fraction of sp³-hybridized carbons (Fsp3) is 0.641. The van der Waals surface area contributed by atoms with Gasteiger partial charge in [0.15, 0.2) is 41.5 Å². The first kappa shape index (κ1) is 102. The van der Waals surface area contributed by atoms with Crippen molar-refractivity contribution in [2.24, 2.45) is 47.3 Å². The third-order valence-electron chi connectivity index (χ3n) is 29.1. The molecule has 8 aliphatic heterocycles. The van der Waals surface area contributed by atoms with E-state index in [0.717, 1.165) is 85.0 Å². The van der Waals surface area contributed by atoms with Crippen molar-refractivity contribution < 1.29 is 100 Å². The third-order valence-corrected chi connectivity index (χ3v) is 29.1. The Morgan fingerprint density at radius 3 is 1.33 bits per heavy atom. The number of Topliss-reactive ketones (excluding diaryl/α,β-unsaturated/α-hetero) is 4. The van der Waals surface area contributed by atoms with Gasteiger partial charge in [-0.3, -0.25) is 38.7 Å². The number of cyclic esters (lactones) is 2. The average Bonchev–Trinajstić information content (AvgIpc) is 1.59. The summed E-state index contributed by atoms with van der Waals surface area (Å²) < 4.78 is 71.8. The number of pyridine rings is 2. The Hall–Kier alpha value is -8.85. The van der Waals surface area contributed by atoms with E-state index in [1.165, 1.54) is 13.8 Å². The molecule has 8 fully saturated rings. The molecule has 2 aromatic heterocycles. The van der Waals surface area contributed by atoms with Crippen molar-refractivity contribution in [3.63, 3.8) is 0 Å². The quantitative estimate of drug-likeness (QED) is 0.0305. The molecule has 0 saturated carbocycles. The lowest BCUT2D eigenvalue weighted by atomic mass is 9.73. The second kappa shape index (κ2) is 44.3. The SMILES string of the molecule is CC[C@H]1OC(=O)[C@H](C)C(=O)[C@H](C)[C@@H](O[C@@H]2O[C@H](C)C[C@H](N(C)C)[C@H]2O)[C@](C)(OC/C=C/c2cnc3ccccc3c2)C[C@@H](C)C(=O)[C@H](C)[C@H]2N(CCCN3CCC3)C(=O)O[C@]12C.CC[C@H]1OC(=O)[C@H](C)C(=O)[C@H](C)[C@@H](O[C@@H]2O[C@H](C)C[C@H](N(C)C)[C@H]2OC(=O)c2ccccc2)[C@](C)(OC/C=C/c2cnc3ccccc3c2)C[C@@H](C)C(=O)[C@H](C)[C@H]2N(CCCN3CCC3)C(=O)O[C@]12C. The van der Waals surface area contributed by atoms with Crippen molar-refractivity contribution in [2.45, 2.75) is 283 Å². The van der Waals surface area contributed by atoms with Crippen molar-refractivity contribution in [3.8, 4) is 0 Å². The maximum Gasteiger partial charge on any atom is 0.410 e. The number of aliphatic hydroxyl groups is 1. The molecule has 132 heavy (non-hydrogen) atoms. The number of para-hydroxylation sites is 2. The molecule has 722 valence electrons. The number of hydrogen-bond acceptors (Lipinski definition) is 27. The molecular weight excluding hydrogens is 1690 g/mol. The van der Waals surface area contributed by atoms with E-state index in [4.69, 9.17) is 52.1 Å². The van der Waals surface area contributed by atoms with Gasteiger partial charge in [-0.05, 0) is 235 Å². The average molecular weight is 1830 g/mol. The number of carbonyl (C=O) groups excluding carboxylic acids is 9. The highest BCUT2D eigenvalue weighted by molar-refractivity contribution is 6.01. The predicted octanol–water partition coefficient (Wildman–Crippen LogP) is 13.7. The molecule has 0 aliphatic carbocycles. The van der Waals surface area contributed by atoms with Gasteiger partial charge in [0.1, 0.15) is 41.7 Å². The van der Waals surface area contributed by atoms with Crippen molar-refractivity contribution in [1.82, 2.24) is 39.4 Å². The molecule has 26 atom stereocenters.